The number of aromatic nitrogens is 1. The molecular weight excluding hydrogens is 476 g/mol. The largest absolute Gasteiger partial charge is 0.508 e. The van der Waals surface area contributed by atoms with Crippen LogP contribution in [-0.2, 0) is 11.8 Å². The Balaban J connectivity index is 0.00000176. The normalized spacial score (nSPS) is 13.9. The fourth-order valence-corrected chi connectivity index (χ4v) is 5.49. The molecule has 1 saturated carbocycles. The van der Waals surface area contributed by atoms with Gasteiger partial charge < -0.3 is 24.6 Å². The van der Waals surface area contributed by atoms with E-state index in [4.69, 9.17) is 14.2 Å². The minimum Gasteiger partial charge on any atom is -0.508 e. The predicted molar refractivity (Wildman–Crippen MR) is 143 cm³/mol. The lowest BCUT2D eigenvalue weighted by atomic mass is 9.78. The predicted octanol–water partition coefficient (Wildman–Crippen LogP) is 5.73. The van der Waals surface area contributed by atoms with Gasteiger partial charge in [-0.3, -0.25) is 4.79 Å². The Morgan fingerprint density at radius 1 is 1.00 bits per heavy atom. The Labute approximate surface area is 217 Å². The zero-order valence-electron chi connectivity index (χ0n) is 21.7. The summed E-state index contributed by atoms with van der Waals surface area (Å²) in [5.74, 6) is 2.06. The molecule has 7 nitrogen and oxygen atoms in total. The van der Waals surface area contributed by atoms with Crippen LogP contribution in [0.25, 0.3) is 0 Å². The monoisotopic (exact) mass is 512 g/mol. The summed E-state index contributed by atoms with van der Waals surface area (Å²) in [6, 6.07) is 11.0. The number of thiazole rings is 1. The van der Waals surface area contributed by atoms with Crippen LogP contribution in [0.2, 0.25) is 0 Å². The van der Waals surface area contributed by atoms with Gasteiger partial charge in [-0.2, -0.15) is 0 Å². The van der Waals surface area contributed by atoms with E-state index in [0.29, 0.717) is 35.9 Å². The van der Waals surface area contributed by atoms with E-state index in [-0.39, 0.29) is 17.1 Å². The van der Waals surface area contributed by atoms with Crippen molar-refractivity contribution < 1.29 is 24.1 Å². The molecule has 1 fully saturated rings. The van der Waals surface area contributed by atoms with Crippen molar-refractivity contribution in [1.82, 2.24) is 10.3 Å². The van der Waals surface area contributed by atoms with E-state index in [0.717, 1.165) is 41.8 Å². The average molecular weight is 513 g/mol. The summed E-state index contributed by atoms with van der Waals surface area (Å²) < 4.78 is 16.3. The van der Waals surface area contributed by atoms with Crippen LogP contribution in [-0.4, -0.2) is 43.9 Å². The smallest absolute Gasteiger partial charge is 0.270 e. The van der Waals surface area contributed by atoms with Crippen LogP contribution in [0, 0.1) is 0 Å². The highest BCUT2D eigenvalue weighted by Gasteiger charge is 2.36. The third kappa shape index (κ3) is 6.10. The Morgan fingerprint density at radius 3 is 2.33 bits per heavy atom. The number of carbonyl (C=O) groups excluding carboxylic acids is 1. The van der Waals surface area contributed by atoms with Gasteiger partial charge in [0.1, 0.15) is 17.2 Å². The molecule has 8 heteroatoms. The summed E-state index contributed by atoms with van der Waals surface area (Å²) in [7, 11) is 4.85. The minimum atomic E-state index is -0.183. The fraction of sp³-hybridized carbons (Fsp3) is 0.429. The second kappa shape index (κ2) is 12.6. The minimum absolute atomic E-state index is 0.136. The van der Waals surface area contributed by atoms with Crippen molar-refractivity contribution in [2.45, 2.75) is 51.4 Å². The number of carbonyl (C=O) groups is 1. The molecule has 1 heterocycles. The van der Waals surface area contributed by atoms with Gasteiger partial charge in [0.15, 0.2) is 11.5 Å². The van der Waals surface area contributed by atoms with E-state index in [2.05, 4.69) is 16.4 Å². The van der Waals surface area contributed by atoms with Crippen LogP contribution in [0.3, 0.4) is 0 Å². The standard InChI is InChI=1S/C26H30N2O5S.C2H6/c1-31-21-9-7-19(29)12-17(21)13-24-28-20(15-34-24)25(30)27-16-26(10-4-5-11-26)18-6-8-22(32-2)23(14-18)33-3;1-2/h6-9,12,14-15,29H,4-5,10-11,13,16H2,1-3H3,(H,27,30);1-2H3. The second-order valence-corrected chi connectivity index (χ2v) is 9.48. The third-order valence-corrected chi connectivity index (χ3v) is 7.38. The highest BCUT2D eigenvalue weighted by atomic mass is 32.1. The molecule has 1 aliphatic carbocycles. The topological polar surface area (TPSA) is 89.9 Å². The zero-order chi connectivity index (χ0) is 26.1. The van der Waals surface area contributed by atoms with Gasteiger partial charge in [0.2, 0.25) is 0 Å². The zero-order valence-corrected chi connectivity index (χ0v) is 22.5. The van der Waals surface area contributed by atoms with Gasteiger partial charge >= 0.3 is 0 Å². The molecule has 0 saturated heterocycles. The first-order chi connectivity index (χ1) is 17.5. The molecule has 0 bridgehead atoms. The lowest BCUT2D eigenvalue weighted by Crippen LogP contribution is -2.39. The number of hydrogen-bond donors (Lipinski definition) is 2. The Bertz CT molecular complexity index is 1150. The van der Waals surface area contributed by atoms with Crippen LogP contribution >= 0.6 is 11.3 Å². The van der Waals surface area contributed by atoms with E-state index < -0.39 is 0 Å². The van der Waals surface area contributed by atoms with Crippen LogP contribution in [0.5, 0.6) is 23.0 Å². The number of rotatable bonds is 9. The van der Waals surface area contributed by atoms with E-state index >= 15 is 0 Å². The third-order valence-electron chi connectivity index (χ3n) is 6.53. The summed E-state index contributed by atoms with van der Waals surface area (Å²) in [4.78, 5) is 17.5. The summed E-state index contributed by atoms with van der Waals surface area (Å²) in [6.45, 7) is 4.54. The number of methoxy groups -OCH3 is 3. The van der Waals surface area contributed by atoms with Gasteiger partial charge in [-0.15, -0.1) is 11.3 Å². The van der Waals surface area contributed by atoms with Gasteiger partial charge in [0, 0.05) is 29.3 Å². The average Bonchev–Trinajstić information content (AvgIpc) is 3.59. The molecule has 1 aromatic heterocycles. The number of ether oxygens (including phenoxy) is 3. The van der Waals surface area contributed by atoms with Gasteiger partial charge in [0.25, 0.3) is 5.91 Å². The number of benzene rings is 2. The van der Waals surface area contributed by atoms with Crippen molar-refractivity contribution in [3.63, 3.8) is 0 Å². The highest BCUT2D eigenvalue weighted by molar-refractivity contribution is 7.09. The molecule has 36 heavy (non-hydrogen) atoms. The molecular formula is C28H36N2O5S. The molecule has 2 aromatic carbocycles. The first-order valence-electron chi connectivity index (χ1n) is 12.3. The quantitative estimate of drug-likeness (QED) is 0.380. The Kier molecular flexibility index (Phi) is 9.58. The molecule has 0 unspecified atom stereocenters. The number of phenolic OH excluding ortho intramolecular Hbond substituents is 1. The number of nitrogens with zero attached hydrogens (tertiary/aromatic N) is 1. The number of hydrogen-bond acceptors (Lipinski definition) is 7. The molecule has 4 rings (SSSR count). The summed E-state index contributed by atoms with van der Waals surface area (Å²) in [6.07, 6.45) is 4.73. The van der Waals surface area contributed by atoms with E-state index in [1.807, 2.05) is 26.0 Å². The van der Waals surface area contributed by atoms with Crippen molar-refractivity contribution in [3.05, 3.63) is 63.6 Å². The summed E-state index contributed by atoms with van der Waals surface area (Å²) in [5.41, 5.74) is 2.24. The maximum Gasteiger partial charge on any atom is 0.270 e. The van der Waals surface area contributed by atoms with Crippen molar-refractivity contribution in [1.29, 1.82) is 0 Å². The van der Waals surface area contributed by atoms with Crippen LogP contribution < -0.4 is 19.5 Å². The lowest BCUT2D eigenvalue weighted by molar-refractivity contribution is 0.0938. The number of aromatic hydroxyl groups is 1. The molecule has 0 radical (unpaired) electrons. The van der Waals surface area contributed by atoms with Crippen LogP contribution in [0.1, 0.15) is 66.2 Å². The fourth-order valence-electron chi connectivity index (χ4n) is 4.69. The molecule has 1 aliphatic rings. The summed E-state index contributed by atoms with van der Waals surface area (Å²) >= 11 is 1.42. The molecule has 1 amide bonds. The molecule has 0 aliphatic heterocycles. The van der Waals surface area contributed by atoms with Gasteiger partial charge in [-0.05, 0) is 48.7 Å². The van der Waals surface area contributed by atoms with Crippen LogP contribution in [0.4, 0.5) is 0 Å². The van der Waals surface area contributed by atoms with Crippen LogP contribution in [0.15, 0.2) is 41.8 Å². The second-order valence-electron chi connectivity index (χ2n) is 8.54. The Hall–Kier alpha value is -3.26. The molecule has 2 N–H and O–H groups in total. The summed E-state index contributed by atoms with van der Waals surface area (Å²) in [5, 5.41) is 15.5. The van der Waals surface area contributed by atoms with Crippen molar-refractivity contribution in [2.24, 2.45) is 0 Å². The molecule has 3 aromatic rings. The molecule has 0 atom stereocenters. The van der Waals surface area contributed by atoms with Gasteiger partial charge in [-0.1, -0.05) is 32.8 Å². The maximum atomic E-state index is 13.0. The SMILES string of the molecule is CC.COc1ccc(O)cc1Cc1nc(C(=O)NCC2(c3ccc(OC)c(OC)c3)CCCC2)cs1. The van der Waals surface area contributed by atoms with Crippen molar-refractivity contribution in [2.75, 3.05) is 27.9 Å². The lowest BCUT2D eigenvalue weighted by Gasteiger charge is -2.30. The van der Waals surface area contributed by atoms with E-state index in [1.165, 1.54) is 11.3 Å². The van der Waals surface area contributed by atoms with E-state index in [1.54, 1.807) is 44.9 Å². The first kappa shape index (κ1) is 27.3. The number of amides is 1. The van der Waals surface area contributed by atoms with Gasteiger partial charge in [0.05, 0.1) is 26.3 Å². The van der Waals surface area contributed by atoms with Gasteiger partial charge in [-0.25, -0.2) is 4.98 Å². The van der Waals surface area contributed by atoms with Crippen molar-refractivity contribution >= 4 is 17.2 Å². The molecule has 194 valence electrons. The highest BCUT2D eigenvalue weighted by Crippen LogP contribution is 2.43. The Morgan fingerprint density at radius 2 is 1.67 bits per heavy atom. The number of nitrogens with one attached hydrogen (secondary N) is 1. The van der Waals surface area contributed by atoms with E-state index in [9.17, 15) is 9.90 Å². The van der Waals surface area contributed by atoms with Crippen molar-refractivity contribution in [3.8, 4) is 23.0 Å². The first-order valence-corrected chi connectivity index (χ1v) is 13.2. The molecule has 0 spiro atoms. The number of phenols is 1. The maximum absolute atomic E-state index is 13.0.